The third kappa shape index (κ3) is 3.48. The van der Waals surface area contributed by atoms with Crippen LogP contribution in [0.1, 0.15) is 53.4 Å². The fourth-order valence-electron chi connectivity index (χ4n) is 2.39. The van der Waals surface area contributed by atoms with Gasteiger partial charge in [-0.05, 0) is 23.6 Å². The Balaban J connectivity index is 4.78. The summed E-state index contributed by atoms with van der Waals surface area (Å²) >= 11 is 0. The molecule has 0 spiro atoms. The van der Waals surface area contributed by atoms with E-state index in [9.17, 15) is 0 Å². The molecule has 0 aromatic heterocycles. The van der Waals surface area contributed by atoms with E-state index in [2.05, 4.69) is 32.5 Å². The Hall–Kier alpha value is -0.590. The van der Waals surface area contributed by atoms with Crippen molar-refractivity contribution in [2.75, 3.05) is 0 Å². The van der Waals surface area contributed by atoms with E-state index in [-0.39, 0.29) is 5.60 Å². The lowest BCUT2D eigenvalue weighted by Gasteiger charge is -2.37. The molecule has 0 saturated carbocycles. The average Bonchev–Trinajstić information content (AvgIpc) is 2.28. The Bertz CT molecular complexity index is 202. The lowest BCUT2D eigenvalue weighted by atomic mass is 9.79. The van der Waals surface area contributed by atoms with Gasteiger partial charge in [-0.25, -0.2) is 5.73 Å². The third-order valence-electron chi connectivity index (χ3n) is 3.43. The molecule has 0 radical (unpaired) electrons. The Labute approximate surface area is 93.8 Å². The second-order valence-electron chi connectivity index (χ2n) is 3.94. The zero-order valence-corrected chi connectivity index (χ0v) is 10.5. The van der Waals surface area contributed by atoms with Crippen LogP contribution in [0.15, 0.2) is 0 Å². The maximum atomic E-state index is 5.82. The van der Waals surface area contributed by atoms with Gasteiger partial charge in [-0.15, -0.1) is 0 Å². The largest absolute Gasteiger partial charge is 0.435 e. The summed E-state index contributed by atoms with van der Waals surface area (Å²) in [6, 6.07) is 0. The smallest absolute Gasteiger partial charge is 0.287 e. The van der Waals surface area contributed by atoms with Gasteiger partial charge in [0.2, 0.25) is 0 Å². The molecule has 0 aliphatic carbocycles. The third-order valence-corrected chi connectivity index (χ3v) is 3.43. The van der Waals surface area contributed by atoms with Crippen molar-refractivity contribution in [3.05, 3.63) is 4.85 Å². The van der Waals surface area contributed by atoms with Gasteiger partial charge in [-0.3, -0.25) is 4.74 Å². The van der Waals surface area contributed by atoms with Crippen molar-refractivity contribution in [2.24, 2.45) is 11.7 Å². The van der Waals surface area contributed by atoms with Crippen LogP contribution in [0.5, 0.6) is 0 Å². The van der Waals surface area contributed by atoms with Crippen LogP contribution in [0.2, 0.25) is 0 Å². The van der Waals surface area contributed by atoms with E-state index in [1.165, 1.54) is 0 Å². The first-order chi connectivity index (χ1) is 7.10. The van der Waals surface area contributed by atoms with Crippen molar-refractivity contribution in [2.45, 2.75) is 65.3 Å². The summed E-state index contributed by atoms with van der Waals surface area (Å²) in [7, 11) is 0. The number of hydrogen-bond donors (Lipinski definition) is 1. The lowest BCUT2D eigenvalue weighted by Crippen LogP contribution is -2.44. The standard InChI is InChI=1S/C12H25N2O/c1-6-10(7-2)12(8-3,9-4)15-11(13)14-5/h5,10-11H,6-9,13H2,1-4H3/q+1. The van der Waals surface area contributed by atoms with Gasteiger partial charge < -0.3 is 0 Å². The number of nitrogens with two attached hydrogens (primary N) is 1. The molecule has 0 heterocycles. The van der Waals surface area contributed by atoms with E-state index < -0.39 is 6.35 Å². The molecule has 3 nitrogen and oxygen atoms in total. The summed E-state index contributed by atoms with van der Waals surface area (Å²) in [5, 5.41) is 0. The minimum atomic E-state index is -0.703. The summed E-state index contributed by atoms with van der Waals surface area (Å²) in [4.78, 5) is 3.48. The van der Waals surface area contributed by atoms with E-state index >= 15 is 0 Å². The molecule has 1 atom stereocenters. The quantitative estimate of drug-likeness (QED) is 0.660. The van der Waals surface area contributed by atoms with Crippen molar-refractivity contribution in [3.63, 3.8) is 0 Å². The van der Waals surface area contributed by atoms with Gasteiger partial charge in [-0.2, -0.15) is 0 Å². The van der Waals surface area contributed by atoms with Crippen molar-refractivity contribution in [1.29, 1.82) is 0 Å². The first-order valence-electron chi connectivity index (χ1n) is 5.93. The van der Waals surface area contributed by atoms with Crippen molar-refractivity contribution in [3.8, 4) is 6.57 Å². The van der Waals surface area contributed by atoms with Crippen molar-refractivity contribution < 1.29 is 4.74 Å². The number of ether oxygens (including phenoxy) is 1. The second kappa shape index (κ2) is 6.81. The van der Waals surface area contributed by atoms with Gasteiger partial charge >= 0.3 is 6.35 Å². The highest BCUT2D eigenvalue weighted by atomic mass is 16.5. The second-order valence-corrected chi connectivity index (χ2v) is 3.94. The summed E-state index contributed by atoms with van der Waals surface area (Å²) in [6.45, 7) is 13.8. The van der Waals surface area contributed by atoms with E-state index in [0.29, 0.717) is 5.92 Å². The molecular formula is C12H25N2O+. The van der Waals surface area contributed by atoms with Crippen LogP contribution in [0.4, 0.5) is 0 Å². The van der Waals surface area contributed by atoms with Crippen LogP contribution in [0.25, 0.3) is 4.85 Å². The predicted octanol–water partition coefficient (Wildman–Crippen LogP) is 3.20. The maximum absolute atomic E-state index is 5.82. The Kier molecular flexibility index (Phi) is 6.55. The number of nitrogens with zero attached hydrogens (tertiary/aromatic N) is 1. The van der Waals surface area contributed by atoms with E-state index in [1.54, 1.807) is 0 Å². The minimum Gasteiger partial charge on any atom is -0.287 e. The topological polar surface area (TPSA) is 39.6 Å². The summed E-state index contributed by atoms with van der Waals surface area (Å²) in [5.41, 5.74) is 5.47. The molecule has 0 bridgehead atoms. The van der Waals surface area contributed by atoms with Gasteiger partial charge in [0, 0.05) is 0 Å². The molecular weight excluding hydrogens is 188 g/mol. The SMILES string of the molecule is C#[N+]C(N)OC(CC)(CC)C(CC)CC. The highest BCUT2D eigenvalue weighted by Crippen LogP contribution is 2.34. The van der Waals surface area contributed by atoms with Crippen LogP contribution < -0.4 is 5.73 Å². The highest BCUT2D eigenvalue weighted by Gasteiger charge is 2.38. The van der Waals surface area contributed by atoms with E-state index in [4.69, 9.17) is 17.0 Å². The molecule has 2 N–H and O–H groups in total. The molecule has 3 heteroatoms. The van der Waals surface area contributed by atoms with Crippen LogP contribution in [-0.4, -0.2) is 12.0 Å². The van der Waals surface area contributed by atoms with Gasteiger partial charge in [0.05, 0.1) is 5.60 Å². The number of rotatable bonds is 7. The van der Waals surface area contributed by atoms with E-state index in [0.717, 1.165) is 25.7 Å². The first-order valence-corrected chi connectivity index (χ1v) is 5.93. The molecule has 0 aromatic carbocycles. The molecule has 0 amide bonds. The van der Waals surface area contributed by atoms with Gasteiger partial charge in [0.15, 0.2) is 0 Å². The predicted molar refractivity (Wildman–Crippen MR) is 64.7 cm³/mol. The molecule has 0 aromatic rings. The fraction of sp³-hybridized carbons (Fsp3) is 0.917. The molecule has 0 fully saturated rings. The van der Waals surface area contributed by atoms with Gasteiger partial charge in [0.1, 0.15) is 0 Å². The zero-order valence-electron chi connectivity index (χ0n) is 10.5. The van der Waals surface area contributed by atoms with Crippen LogP contribution in [0, 0.1) is 12.5 Å². The molecule has 0 aliphatic rings. The zero-order chi connectivity index (χ0) is 11.9. The first kappa shape index (κ1) is 14.4. The fourth-order valence-corrected chi connectivity index (χ4v) is 2.39. The van der Waals surface area contributed by atoms with Crippen LogP contribution in [-0.2, 0) is 4.74 Å². The van der Waals surface area contributed by atoms with E-state index in [1.807, 2.05) is 0 Å². The molecule has 1 unspecified atom stereocenters. The highest BCUT2D eigenvalue weighted by molar-refractivity contribution is 4.87. The van der Waals surface area contributed by atoms with Crippen LogP contribution >= 0.6 is 0 Å². The summed E-state index contributed by atoms with van der Waals surface area (Å²) in [6.07, 6.45) is 3.37. The lowest BCUT2D eigenvalue weighted by molar-refractivity contribution is -0.119. The normalized spacial score (nSPS) is 13.9. The number of hydrogen-bond acceptors (Lipinski definition) is 2. The van der Waals surface area contributed by atoms with Gasteiger partial charge in [0.25, 0.3) is 6.57 Å². The summed E-state index contributed by atoms with van der Waals surface area (Å²) in [5.74, 6) is 0.514. The van der Waals surface area contributed by atoms with Gasteiger partial charge in [-0.1, -0.05) is 40.5 Å². The molecule has 0 aliphatic heterocycles. The van der Waals surface area contributed by atoms with Crippen molar-refractivity contribution in [1.82, 2.24) is 0 Å². The molecule has 0 rings (SSSR count). The molecule has 0 saturated heterocycles. The Morgan fingerprint density at radius 2 is 1.67 bits per heavy atom. The maximum Gasteiger partial charge on any atom is 0.435 e. The summed E-state index contributed by atoms with van der Waals surface area (Å²) < 4.78 is 5.82. The molecule has 88 valence electrons. The molecule has 15 heavy (non-hydrogen) atoms. The minimum absolute atomic E-state index is 0.175. The van der Waals surface area contributed by atoms with Crippen LogP contribution in [0.3, 0.4) is 0 Å². The monoisotopic (exact) mass is 213 g/mol. The van der Waals surface area contributed by atoms with Crippen molar-refractivity contribution >= 4 is 0 Å². The average molecular weight is 213 g/mol. The Morgan fingerprint density at radius 1 is 1.20 bits per heavy atom. The Morgan fingerprint density at radius 3 is 1.93 bits per heavy atom.